The molecule has 0 atom stereocenters. The Morgan fingerprint density at radius 3 is 2.65 bits per heavy atom. The second kappa shape index (κ2) is 7.79. The van der Waals surface area contributed by atoms with Gasteiger partial charge >= 0.3 is 0 Å². The van der Waals surface area contributed by atoms with Gasteiger partial charge in [0.2, 0.25) is 0 Å². The first-order valence-electron chi connectivity index (χ1n) is 6.93. The van der Waals surface area contributed by atoms with Gasteiger partial charge in [-0.1, -0.05) is 0 Å². The zero-order valence-corrected chi connectivity index (χ0v) is 13.0. The van der Waals surface area contributed by atoms with E-state index >= 15 is 0 Å². The van der Waals surface area contributed by atoms with Crippen molar-refractivity contribution in [1.29, 1.82) is 0 Å². The summed E-state index contributed by atoms with van der Waals surface area (Å²) >= 11 is 0. The molecule has 0 spiro atoms. The molecular formula is C14H25N5O. The lowest BCUT2D eigenvalue weighted by Crippen LogP contribution is -2.28. The zero-order valence-electron chi connectivity index (χ0n) is 13.0. The fraction of sp³-hybridized carbons (Fsp3) is 0.643. The first-order chi connectivity index (χ1) is 9.38. The van der Waals surface area contributed by atoms with Crippen LogP contribution in [0, 0.1) is 6.92 Å². The summed E-state index contributed by atoms with van der Waals surface area (Å²) in [5.41, 5.74) is 0.408. The maximum atomic E-state index is 12.0. The highest BCUT2D eigenvalue weighted by atomic mass is 16.1. The maximum absolute atomic E-state index is 12.0. The Balaban J connectivity index is 2.60. The van der Waals surface area contributed by atoms with E-state index in [-0.39, 0.29) is 11.9 Å². The van der Waals surface area contributed by atoms with E-state index in [4.69, 9.17) is 0 Å². The van der Waals surface area contributed by atoms with Gasteiger partial charge in [0, 0.05) is 18.7 Å². The standard InChI is InChI=1S/C14H25N5O/c1-10(2)16-13-9-12(17-11(3)18-13)14(20)15-7-6-8-19(4)5/h9-10H,6-8H2,1-5H3,(H,15,20)(H,16,17,18). The third-order valence-corrected chi connectivity index (χ3v) is 2.57. The highest BCUT2D eigenvalue weighted by molar-refractivity contribution is 5.92. The van der Waals surface area contributed by atoms with Crippen molar-refractivity contribution in [2.24, 2.45) is 0 Å². The molecule has 112 valence electrons. The molecule has 0 aliphatic heterocycles. The minimum atomic E-state index is -0.152. The molecule has 1 rings (SSSR count). The van der Waals surface area contributed by atoms with Gasteiger partial charge in [-0.15, -0.1) is 0 Å². The van der Waals surface area contributed by atoms with E-state index in [1.165, 1.54) is 0 Å². The van der Waals surface area contributed by atoms with Crippen LogP contribution in [0.3, 0.4) is 0 Å². The van der Waals surface area contributed by atoms with Crippen molar-refractivity contribution in [3.63, 3.8) is 0 Å². The molecule has 20 heavy (non-hydrogen) atoms. The van der Waals surface area contributed by atoms with Crippen molar-refractivity contribution in [2.45, 2.75) is 33.2 Å². The van der Waals surface area contributed by atoms with Gasteiger partial charge in [0.15, 0.2) is 0 Å². The molecular weight excluding hydrogens is 254 g/mol. The Labute approximate surface area is 121 Å². The molecule has 0 aliphatic rings. The Kier molecular flexibility index (Phi) is 6.38. The van der Waals surface area contributed by atoms with E-state index in [0.717, 1.165) is 13.0 Å². The van der Waals surface area contributed by atoms with Gasteiger partial charge in [0.05, 0.1) is 0 Å². The number of aryl methyl sites for hydroxylation is 1. The fourth-order valence-corrected chi connectivity index (χ4v) is 1.74. The number of nitrogens with one attached hydrogen (secondary N) is 2. The van der Waals surface area contributed by atoms with Gasteiger partial charge in [-0.25, -0.2) is 9.97 Å². The maximum Gasteiger partial charge on any atom is 0.270 e. The monoisotopic (exact) mass is 279 g/mol. The van der Waals surface area contributed by atoms with E-state index in [0.29, 0.717) is 23.9 Å². The summed E-state index contributed by atoms with van der Waals surface area (Å²) in [4.78, 5) is 22.6. The molecule has 0 fully saturated rings. The third kappa shape index (κ3) is 5.97. The molecule has 1 amide bonds. The number of rotatable bonds is 7. The fourth-order valence-electron chi connectivity index (χ4n) is 1.74. The summed E-state index contributed by atoms with van der Waals surface area (Å²) in [5, 5.41) is 6.06. The van der Waals surface area contributed by atoms with Crippen LogP contribution in [-0.2, 0) is 0 Å². The summed E-state index contributed by atoms with van der Waals surface area (Å²) in [7, 11) is 4.03. The third-order valence-electron chi connectivity index (χ3n) is 2.57. The van der Waals surface area contributed by atoms with Crippen LogP contribution in [0.2, 0.25) is 0 Å². The quantitative estimate of drug-likeness (QED) is 0.736. The van der Waals surface area contributed by atoms with Crippen LogP contribution >= 0.6 is 0 Å². The molecule has 6 nitrogen and oxygen atoms in total. The highest BCUT2D eigenvalue weighted by Gasteiger charge is 2.10. The zero-order chi connectivity index (χ0) is 15.1. The molecule has 0 saturated heterocycles. The predicted octanol–water partition coefficient (Wildman–Crippen LogP) is 1.29. The normalized spacial score (nSPS) is 10.9. The van der Waals surface area contributed by atoms with Crippen LogP contribution in [0.1, 0.15) is 36.6 Å². The Morgan fingerprint density at radius 1 is 1.35 bits per heavy atom. The summed E-state index contributed by atoms with van der Waals surface area (Å²) in [5.74, 6) is 1.13. The van der Waals surface area contributed by atoms with Crippen LogP contribution in [0.5, 0.6) is 0 Å². The molecule has 0 saturated carbocycles. The molecule has 0 aliphatic carbocycles. The second-order valence-electron chi connectivity index (χ2n) is 5.40. The molecule has 1 aromatic heterocycles. The van der Waals surface area contributed by atoms with Crippen molar-refractivity contribution < 1.29 is 4.79 Å². The number of carbonyl (C=O) groups is 1. The molecule has 6 heteroatoms. The van der Waals surface area contributed by atoms with Gasteiger partial charge in [0.25, 0.3) is 5.91 Å². The van der Waals surface area contributed by atoms with Gasteiger partial charge in [-0.2, -0.15) is 0 Å². The number of aromatic nitrogens is 2. The summed E-state index contributed by atoms with van der Waals surface area (Å²) in [6, 6.07) is 1.95. The number of anilines is 1. The van der Waals surface area contributed by atoms with Crippen molar-refractivity contribution in [3.05, 3.63) is 17.6 Å². The number of hydrogen-bond donors (Lipinski definition) is 2. The van der Waals surface area contributed by atoms with Gasteiger partial charge in [0.1, 0.15) is 17.3 Å². The van der Waals surface area contributed by atoms with Gasteiger partial charge in [-0.3, -0.25) is 4.79 Å². The average Bonchev–Trinajstić information content (AvgIpc) is 2.32. The molecule has 0 unspecified atom stereocenters. The molecule has 0 radical (unpaired) electrons. The smallest absolute Gasteiger partial charge is 0.270 e. The van der Waals surface area contributed by atoms with Crippen LogP contribution in [-0.4, -0.2) is 54.0 Å². The van der Waals surface area contributed by atoms with Gasteiger partial charge in [-0.05, 0) is 47.8 Å². The topological polar surface area (TPSA) is 70.2 Å². The molecule has 0 bridgehead atoms. The van der Waals surface area contributed by atoms with E-state index < -0.39 is 0 Å². The van der Waals surface area contributed by atoms with Crippen molar-refractivity contribution >= 4 is 11.7 Å². The Morgan fingerprint density at radius 2 is 2.05 bits per heavy atom. The predicted molar refractivity (Wildman–Crippen MR) is 81.0 cm³/mol. The van der Waals surface area contributed by atoms with Crippen molar-refractivity contribution in [2.75, 3.05) is 32.5 Å². The molecule has 0 aromatic carbocycles. The second-order valence-corrected chi connectivity index (χ2v) is 5.40. The average molecular weight is 279 g/mol. The minimum absolute atomic E-state index is 0.152. The highest BCUT2D eigenvalue weighted by Crippen LogP contribution is 2.08. The Hall–Kier alpha value is -1.69. The van der Waals surface area contributed by atoms with Crippen LogP contribution in [0.25, 0.3) is 0 Å². The van der Waals surface area contributed by atoms with E-state index in [9.17, 15) is 4.79 Å². The first kappa shape index (κ1) is 16.4. The molecule has 1 heterocycles. The molecule has 2 N–H and O–H groups in total. The lowest BCUT2D eigenvalue weighted by molar-refractivity contribution is 0.0947. The number of hydrogen-bond acceptors (Lipinski definition) is 5. The SMILES string of the molecule is Cc1nc(NC(C)C)cc(C(=O)NCCCN(C)C)n1. The summed E-state index contributed by atoms with van der Waals surface area (Å²) in [6.45, 7) is 7.43. The number of amides is 1. The number of nitrogens with zero attached hydrogens (tertiary/aromatic N) is 3. The van der Waals surface area contributed by atoms with Crippen LogP contribution in [0.15, 0.2) is 6.07 Å². The Bertz CT molecular complexity index is 445. The van der Waals surface area contributed by atoms with Crippen LogP contribution in [0.4, 0.5) is 5.82 Å². The largest absolute Gasteiger partial charge is 0.368 e. The minimum Gasteiger partial charge on any atom is -0.368 e. The van der Waals surface area contributed by atoms with Crippen LogP contribution < -0.4 is 10.6 Å². The van der Waals surface area contributed by atoms with Crippen molar-refractivity contribution in [1.82, 2.24) is 20.2 Å². The molecule has 1 aromatic rings. The number of carbonyl (C=O) groups excluding carboxylic acids is 1. The first-order valence-corrected chi connectivity index (χ1v) is 6.93. The van der Waals surface area contributed by atoms with Gasteiger partial charge < -0.3 is 15.5 Å². The van der Waals surface area contributed by atoms with E-state index in [2.05, 4.69) is 25.5 Å². The van der Waals surface area contributed by atoms with E-state index in [1.807, 2.05) is 27.9 Å². The van der Waals surface area contributed by atoms with Crippen molar-refractivity contribution in [3.8, 4) is 0 Å². The van der Waals surface area contributed by atoms with E-state index in [1.54, 1.807) is 13.0 Å². The lowest BCUT2D eigenvalue weighted by atomic mass is 10.3. The summed E-state index contributed by atoms with van der Waals surface area (Å²) in [6.07, 6.45) is 0.917. The summed E-state index contributed by atoms with van der Waals surface area (Å²) < 4.78 is 0. The lowest BCUT2D eigenvalue weighted by Gasteiger charge is -2.12.